The molecule has 1 N–H and O–H groups in total. The number of para-hydroxylation sites is 1. The zero-order valence-corrected chi connectivity index (χ0v) is 50.5. The maximum atomic E-state index is 14.6. The van der Waals surface area contributed by atoms with Crippen LogP contribution < -0.4 is 18.9 Å². The van der Waals surface area contributed by atoms with Gasteiger partial charge in [-0.05, 0) is 111 Å². The molecule has 0 aliphatic rings. The van der Waals surface area contributed by atoms with E-state index >= 15 is 0 Å². The fourth-order valence-electron chi connectivity index (χ4n) is 8.78. The monoisotopic (exact) mass is 1240 g/mol. The van der Waals surface area contributed by atoms with Crippen LogP contribution in [0.15, 0.2) is 127 Å². The number of phenolic OH excluding ortho intramolecular Hbond substituents is 1. The van der Waals surface area contributed by atoms with Gasteiger partial charge in [0.2, 0.25) is 12.0 Å². The second-order valence-electron chi connectivity index (χ2n) is 18.9. The summed E-state index contributed by atoms with van der Waals surface area (Å²) in [6, 6.07) is 25.7. The molecule has 1 unspecified atom stereocenters. The summed E-state index contributed by atoms with van der Waals surface area (Å²) in [5.41, 5.74) is 4.92. The van der Waals surface area contributed by atoms with E-state index in [1.807, 2.05) is 31.2 Å². The summed E-state index contributed by atoms with van der Waals surface area (Å²) in [6.45, 7) is 12.6. The van der Waals surface area contributed by atoms with E-state index in [1.54, 1.807) is 70.5 Å². The Balaban J connectivity index is 1.09. The highest BCUT2D eigenvalue weighted by atomic mass is 35.5. The summed E-state index contributed by atoms with van der Waals surface area (Å²) in [7, 11) is -2.61. The molecule has 0 fully saturated rings. The molecule has 8 aromatic rings. The van der Waals surface area contributed by atoms with Crippen molar-refractivity contribution < 1.29 is 69.5 Å². The maximum Gasteiger partial charge on any atom is 0.347 e. The first-order valence-electron chi connectivity index (χ1n) is 26.9. The number of ether oxygens (including phenoxy) is 9. The number of carbonyl (C=O) groups is 1. The van der Waals surface area contributed by atoms with Crippen LogP contribution in [0, 0.1) is 26.6 Å². The first-order chi connectivity index (χ1) is 41.1. The van der Waals surface area contributed by atoms with Crippen LogP contribution in [-0.2, 0) is 55.8 Å². The molecule has 8 rings (SSSR count). The number of aromatic nitrogens is 4. The minimum absolute atomic E-state index is 0.00251. The quantitative estimate of drug-likeness (QED) is 0.0179. The summed E-state index contributed by atoms with van der Waals surface area (Å²) in [5, 5.41) is 11.4. The van der Waals surface area contributed by atoms with E-state index < -0.39 is 40.7 Å². The van der Waals surface area contributed by atoms with Gasteiger partial charge in [0.15, 0.2) is 11.6 Å². The lowest BCUT2D eigenvalue weighted by Crippen LogP contribution is -2.32. The van der Waals surface area contributed by atoms with Gasteiger partial charge in [-0.2, -0.15) is 8.42 Å². The molecule has 448 valence electrons. The lowest BCUT2D eigenvalue weighted by atomic mass is 9.92. The van der Waals surface area contributed by atoms with Crippen molar-refractivity contribution in [3.05, 3.63) is 166 Å². The first-order valence-corrected chi connectivity index (χ1v) is 29.9. The zero-order valence-electron chi connectivity index (χ0n) is 47.3. The van der Waals surface area contributed by atoms with Crippen LogP contribution >= 0.6 is 34.5 Å². The average Bonchev–Trinajstić information content (AvgIpc) is 1.75. The molecule has 0 spiro atoms. The summed E-state index contributed by atoms with van der Waals surface area (Å²) in [6.07, 6.45) is 1.82. The predicted molar refractivity (Wildman–Crippen MR) is 321 cm³/mol. The van der Waals surface area contributed by atoms with Crippen LogP contribution in [0.2, 0.25) is 10.0 Å². The van der Waals surface area contributed by atoms with Crippen LogP contribution in [0.5, 0.6) is 28.9 Å². The van der Waals surface area contributed by atoms with Gasteiger partial charge in [0.25, 0.3) is 10.1 Å². The molecule has 0 aliphatic heterocycles. The molecule has 18 nitrogen and oxygen atoms in total. The number of benzene rings is 5. The number of aryl methyl sites for hydroxylation is 1. The third-order valence-corrected chi connectivity index (χ3v) is 16.3. The van der Waals surface area contributed by atoms with Gasteiger partial charge in [-0.15, -0.1) is 17.9 Å². The van der Waals surface area contributed by atoms with Crippen molar-refractivity contribution in [2.75, 3.05) is 73.2 Å². The van der Waals surface area contributed by atoms with Gasteiger partial charge in [-0.25, -0.2) is 29.1 Å². The highest BCUT2D eigenvalue weighted by Gasteiger charge is 2.32. The number of halogens is 3. The van der Waals surface area contributed by atoms with Gasteiger partial charge in [0, 0.05) is 35.7 Å². The maximum absolute atomic E-state index is 14.6. The fraction of sp³-hybridized carbons (Fsp3) is 0.306. The molecule has 23 heteroatoms. The number of rotatable bonds is 32. The van der Waals surface area contributed by atoms with Crippen molar-refractivity contribution in [3.8, 4) is 61.8 Å². The van der Waals surface area contributed by atoms with Crippen molar-refractivity contribution in [1.82, 2.24) is 19.9 Å². The highest BCUT2D eigenvalue weighted by molar-refractivity contribution is 7.86. The third-order valence-electron chi connectivity index (χ3n) is 12.9. The molecule has 2 atom stereocenters. The van der Waals surface area contributed by atoms with E-state index in [0.717, 1.165) is 5.56 Å². The summed E-state index contributed by atoms with van der Waals surface area (Å²) < 4.78 is 99.7. The van der Waals surface area contributed by atoms with Gasteiger partial charge in [-0.1, -0.05) is 71.2 Å². The number of methoxy groups -OCH3 is 1. The number of aromatic hydroxyl groups is 1. The van der Waals surface area contributed by atoms with Gasteiger partial charge < -0.3 is 47.7 Å². The number of esters is 1. The lowest BCUT2D eigenvalue weighted by Gasteiger charge is -2.24. The second-order valence-corrected chi connectivity index (χ2v) is 22.3. The average molecular weight is 1240 g/mol. The Morgan fingerprint density at radius 2 is 1.52 bits per heavy atom. The molecule has 5 aromatic carbocycles. The Hall–Kier alpha value is -7.31. The van der Waals surface area contributed by atoms with Crippen LogP contribution in [0.4, 0.5) is 4.39 Å². The second kappa shape index (κ2) is 30.7. The fourth-order valence-corrected chi connectivity index (χ4v) is 11.4. The number of hydrogen-bond donors (Lipinski definition) is 1. The summed E-state index contributed by atoms with van der Waals surface area (Å²) in [5.74, 6) is -0.0712. The van der Waals surface area contributed by atoms with Crippen LogP contribution in [0.1, 0.15) is 34.9 Å². The summed E-state index contributed by atoms with van der Waals surface area (Å²) >= 11 is 15.8. The van der Waals surface area contributed by atoms with Gasteiger partial charge in [0.05, 0.1) is 84.4 Å². The van der Waals surface area contributed by atoms with E-state index in [4.69, 9.17) is 75.0 Å². The van der Waals surface area contributed by atoms with Crippen molar-refractivity contribution >= 4 is 60.8 Å². The van der Waals surface area contributed by atoms with Crippen molar-refractivity contribution in [2.45, 2.75) is 57.8 Å². The molecule has 3 heterocycles. The first kappa shape index (κ1) is 63.7. The highest BCUT2D eigenvalue weighted by Crippen LogP contribution is 2.53. The van der Waals surface area contributed by atoms with E-state index in [2.05, 4.69) is 21.5 Å². The van der Waals surface area contributed by atoms with Gasteiger partial charge in [-0.3, -0.25) is 4.18 Å². The summed E-state index contributed by atoms with van der Waals surface area (Å²) in [4.78, 5) is 33.7. The number of thiophene rings is 1. The smallest absolute Gasteiger partial charge is 0.347 e. The molecule has 0 radical (unpaired) electrons. The van der Waals surface area contributed by atoms with E-state index in [0.29, 0.717) is 110 Å². The molecule has 0 aliphatic carbocycles. The largest absolute Gasteiger partial charge is 0.508 e. The number of hydrogen-bond acceptors (Lipinski definition) is 19. The Labute approximate surface area is 506 Å². The predicted octanol–water partition coefficient (Wildman–Crippen LogP) is 12.1. The number of nitrogens with zero attached hydrogens (tertiary/aromatic N) is 4. The zero-order chi connectivity index (χ0) is 60.5. The minimum Gasteiger partial charge on any atom is -0.508 e. The topological polar surface area (TPSA) is 215 Å². The van der Waals surface area contributed by atoms with Crippen LogP contribution in [0.25, 0.3) is 43.2 Å². The van der Waals surface area contributed by atoms with Crippen LogP contribution in [0.3, 0.4) is 0 Å². The third kappa shape index (κ3) is 16.6. The number of carbonyl (C=O) groups excluding carboxylic acids is 1. The SMILES string of the molecule is C=CCOC[C@H](COS(=O)(=O)c1ccc(C)cc1)Oc1c(Cl)c(C)c(-c2c(-c3ccc(F)cc3)sc3ncnc(OC(Cc4cc(O)ccc4OCc4ccnc(-c5ccccc5OCCOCCOCCOC)n4)C(=O)OCC)c23)c(C)c1Cl. The lowest BCUT2D eigenvalue weighted by molar-refractivity contribution is -0.151. The normalized spacial score (nSPS) is 12.2. The molecule has 0 amide bonds. The Bertz CT molecular complexity index is 3660. The molecular weight excluding hydrogens is 1180 g/mol. The Morgan fingerprint density at radius 3 is 2.24 bits per heavy atom. The Kier molecular flexibility index (Phi) is 23.0. The van der Waals surface area contributed by atoms with Crippen molar-refractivity contribution in [3.63, 3.8) is 0 Å². The van der Waals surface area contributed by atoms with Crippen LogP contribution in [-0.4, -0.2) is 125 Å². The van der Waals surface area contributed by atoms with E-state index in [9.17, 15) is 22.7 Å². The molecule has 0 bridgehead atoms. The molecule has 85 heavy (non-hydrogen) atoms. The molecular formula is C62H63Cl2FN4O14S2. The molecule has 0 saturated carbocycles. The van der Waals surface area contributed by atoms with Gasteiger partial charge in [0.1, 0.15) is 60.1 Å². The van der Waals surface area contributed by atoms with Crippen molar-refractivity contribution in [1.29, 1.82) is 0 Å². The van der Waals surface area contributed by atoms with Crippen molar-refractivity contribution in [2.24, 2.45) is 0 Å². The standard InChI is InChI=1S/C62H63Cl2FN4O14S2/c1-7-25-77-35-46(36-81-85(72,73)47-20-13-38(3)14-21-47)82-57-55(63)39(4)52(40(5)56(57)64)53-54-60(67-37-68-61(54)84-58(53)41-15-17-43(65)18-16-41)83-51(62(71)78-8-2)33-42-32-45(70)19-22-49(42)80-34-44-23-24-66-59(69-44)48-11-9-10-12-50(48)79-31-30-76-29-28-75-27-26-74-6/h7,9-24,32,37,46,51,70H,1,8,25-31,33-36H2,2-6H3/t46-,51?/m1/s1. The molecule has 0 saturated heterocycles. The van der Waals surface area contributed by atoms with Gasteiger partial charge >= 0.3 is 5.97 Å². The number of fused-ring (bicyclic) bond motifs is 1. The van der Waals surface area contributed by atoms with E-state index in [-0.39, 0.29) is 71.8 Å². The Morgan fingerprint density at radius 1 is 0.800 bits per heavy atom. The van der Waals surface area contributed by atoms with E-state index in [1.165, 1.54) is 60.1 Å². The number of phenols is 1. The minimum atomic E-state index is -4.22. The molecule has 3 aromatic heterocycles.